The first-order valence-electron chi connectivity index (χ1n) is 20.5. The van der Waals surface area contributed by atoms with Gasteiger partial charge in [-0.15, -0.1) is 0 Å². The van der Waals surface area contributed by atoms with Gasteiger partial charge >= 0.3 is 5.97 Å². The summed E-state index contributed by atoms with van der Waals surface area (Å²) in [6.45, 7) is 10.2. The minimum Gasteiger partial charge on any atom is -0.469 e. The van der Waals surface area contributed by atoms with E-state index >= 15 is 0 Å². The lowest BCUT2D eigenvalue weighted by atomic mass is 9.55. The molecule has 2 N–H and O–H groups in total. The first-order chi connectivity index (χ1) is 26.3. The second-order valence-electron chi connectivity index (χ2n) is 17.6. The number of fused-ring (bicyclic) bond motifs is 3. The van der Waals surface area contributed by atoms with Crippen LogP contribution >= 0.6 is 0 Å². The Morgan fingerprint density at radius 2 is 1.51 bits per heavy atom. The molecule has 5 saturated heterocycles. The lowest BCUT2D eigenvalue weighted by Crippen LogP contribution is -2.56. The molecular formula is C41H62O14. The quantitative estimate of drug-likeness (QED) is 0.269. The maximum absolute atomic E-state index is 13.7. The van der Waals surface area contributed by atoms with Crippen LogP contribution in [0.1, 0.15) is 92.4 Å². The molecule has 0 aromatic rings. The fourth-order valence-corrected chi connectivity index (χ4v) is 11.0. The smallest absolute Gasteiger partial charge is 0.309 e. The Morgan fingerprint density at radius 1 is 0.836 bits per heavy atom. The van der Waals surface area contributed by atoms with E-state index in [1.54, 1.807) is 21.1 Å². The normalized spacial score (nSPS) is 51.2. The minimum atomic E-state index is -0.866. The van der Waals surface area contributed by atoms with Gasteiger partial charge in [-0.1, -0.05) is 18.6 Å². The molecule has 0 spiro atoms. The van der Waals surface area contributed by atoms with E-state index in [1.807, 2.05) is 27.0 Å². The third kappa shape index (κ3) is 7.56. The summed E-state index contributed by atoms with van der Waals surface area (Å²) in [6.07, 6.45) is 3.21. The van der Waals surface area contributed by atoms with E-state index in [0.717, 1.165) is 32.1 Å². The van der Waals surface area contributed by atoms with Gasteiger partial charge in [0.2, 0.25) is 5.79 Å². The van der Waals surface area contributed by atoms with Crippen molar-refractivity contribution in [2.45, 2.75) is 184 Å². The fourth-order valence-electron chi connectivity index (χ4n) is 11.0. The van der Waals surface area contributed by atoms with Crippen molar-refractivity contribution in [1.82, 2.24) is 0 Å². The van der Waals surface area contributed by atoms with E-state index in [2.05, 4.69) is 13.0 Å². The van der Waals surface area contributed by atoms with Crippen LogP contribution in [0.15, 0.2) is 23.5 Å². The monoisotopic (exact) mass is 778 g/mol. The fraction of sp³-hybridized carbons (Fsp3) is 0.878. The highest BCUT2D eigenvalue weighted by Crippen LogP contribution is 2.57. The summed E-state index contributed by atoms with van der Waals surface area (Å²) in [5, 5.41) is 21.5. The zero-order valence-electron chi connectivity index (χ0n) is 33.3. The molecule has 2 aliphatic carbocycles. The molecule has 14 nitrogen and oxygen atoms in total. The van der Waals surface area contributed by atoms with Crippen molar-refractivity contribution < 1.29 is 67.1 Å². The highest BCUT2D eigenvalue weighted by atomic mass is 16.7. The maximum Gasteiger partial charge on any atom is 0.309 e. The molecule has 0 radical (unpaired) electrons. The van der Waals surface area contributed by atoms with Crippen molar-refractivity contribution in [1.29, 1.82) is 0 Å². The third-order valence-corrected chi connectivity index (χ3v) is 14.2. The predicted octanol–water partition coefficient (Wildman–Crippen LogP) is 4.03. The lowest BCUT2D eigenvalue weighted by molar-refractivity contribution is -0.337. The number of methoxy groups -OCH3 is 2. The minimum absolute atomic E-state index is 0.0253. The van der Waals surface area contributed by atoms with E-state index in [0.29, 0.717) is 25.9 Å². The van der Waals surface area contributed by atoms with Crippen LogP contribution in [0.5, 0.6) is 0 Å². The van der Waals surface area contributed by atoms with E-state index in [-0.39, 0.29) is 60.0 Å². The van der Waals surface area contributed by atoms with E-state index in [1.165, 1.54) is 11.1 Å². The van der Waals surface area contributed by atoms with Gasteiger partial charge in [0.05, 0.1) is 67.4 Å². The SMILES string of the molecule is CO[C@@H]1C[C@H](O[C@H]2[C@@H](O)C[C@H](O[C@@H]3[C@@H](C)O[C@@H](O[C@H]4CC[C@@]5(C)C(=CC[C@H]6C(=O)O[C@@H]7CO[C@]8(C)OC=C(CC[C@@H]65)[C@H]78)C4)C[C@H]3OC)O[C@@H]2C)O[C@@H](C)[C@@H]1O. The van der Waals surface area contributed by atoms with Gasteiger partial charge in [-0.3, -0.25) is 4.79 Å². The second-order valence-corrected chi connectivity index (χ2v) is 17.6. The average molecular weight is 779 g/mol. The molecule has 6 aliphatic heterocycles. The van der Waals surface area contributed by atoms with Crippen LogP contribution in [0, 0.1) is 23.2 Å². The summed E-state index contributed by atoms with van der Waals surface area (Å²) >= 11 is 0. The Hall–Kier alpha value is -1.69. The summed E-state index contributed by atoms with van der Waals surface area (Å²) in [6, 6.07) is 0. The van der Waals surface area contributed by atoms with Crippen LogP contribution in [-0.4, -0.2) is 129 Å². The number of ether oxygens (including phenoxy) is 11. The first-order valence-corrected chi connectivity index (χ1v) is 20.5. The highest BCUT2D eigenvalue weighted by Gasteiger charge is 2.58. The zero-order valence-corrected chi connectivity index (χ0v) is 33.3. The summed E-state index contributed by atoms with van der Waals surface area (Å²) < 4.78 is 67.3. The van der Waals surface area contributed by atoms with Gasteiger partial charge in [-0.25, -0.2) is 0 Å². The topological polar surface area (TPSA) is 159 Å². The molecule has 0 unspecified atom stereocenters. The van der Waals surface area contributed by atoms with Gasteiger partial charge in [0.15, 0.2) is 18.9 Å². The van der Waals surface area contributed by atoms with Gasteiger partial charge in [0.1, 0.15) is 24.4 Å². The van der Waals surface area contributed by atoms with Crippen molar-refractivity contribution in [3.8, 4) is 0 Å². The Balaban J connectivity index is 0.851. The van der Waals surface area contributed by atoms with Crippen LogP contribution in [0.4, 0.5) is 0 Å². The number of hydrogen-bond donors (Lipinski definition) is 2. The number of carbonyl (C=O) groups is 1. The van der Waals surface area contributed by atoms with Crippen molar-refractivity contribution in [3.05, 3.63) is 23.5 Å². The number of carbonyl (C=O) groups excluding carboxylic acids is 1. The molecule has 0 aromatic heterocycles. The largest absolute Gasteiger partial charge is 0.469 e. The molecule has 1 saturated carbocycles. The van der Waals surface area contributed by atoms with Crippen LogP contribution in [-0.2, 0) is 56.9 Å². The average Bonchev–Trinajstić information content (AvgIpc) is 3.66. The standard InChI is InChI=1S/C41H62O14/c1-20-36(43)29(45-6)16-34(49-20)54-37-21(2)50-32(15-28(37)42)55-38-22(3)51-33(17-30(38)46-7)52-25-12-13-40(4)24(14-25)9-10-26-27(40)11-8-23-18-47-41(5)35(23)31(19-48-41)53-39(26)44/h9,18,20-22,25-38,42-43H,8,10-17,19H2,1-7H3/t20-,21+,22+,25-,26+,27-,28-,29+,30+,31+,32-,33-,34-,35+,36-,37+,38+,40-,41-/m0/s1. The molecule has 55 heavy (non-hydrogen) atoms. The van der Waals surface area contributed by atoms with Crippen molar-refractivity contribution in [2.24, 2.45) is 23.2 Å². The number of aliphatic hydroxyl groups is 2. The molecule has 8 rings (SSSR count). The Kier molecular flexibility index (Phi) is 11.5. The van der Waals surface area contributed by atoms with Crippen LogP contribution in [0.2, 0.25) is 0 Å². The predicted molar refractivity (Wildman–Crippen MR) is 193 cm³/mol. The van der Waals surface area contributed by atoms with Gasteiger partial charge < -0.3 is 62.3 Å². The van der Waals surface area contributed by atoms with E-state index in [9.17, 15) is 15.0 Å². The number of aliphatic hydroxyl groups excluding tert-OH is 2. The molecule has 6 fully saturated rings. The number of esters is 1. The zero-order chi connectivity index (χ0) is 38.8. The van der Waals surface area contributed by atoms with Crippen molar-refractivity contribution in [2.75, 3.05) is 20.8 Å². The molecular weight excluding hydrogens is 716 g/mol. The Morgan fingerprint density at radius 3 is 2.25 bits per heavy atom. The van der Waals surface area contributed by atoms with Crippen molar-refractivity contribution >= 4 is 5.97 Å². The molecule has 0 bridgehead atoms. The molecule has 19 atom stereocenters. The van der Waals surface area contributed by atoms with Crippen LogP contribution < -0.4 is 0 Å². The van der Waals surface area contributed by atoms with Gasteiger partial charge in [0, 0.05) is 40.4 Å². The van der Waals surface area contributed by atoms with Gasteiger partial charge in [0.25, 0.3) is 0 Å². The maximum atomic E-state index is 13.7. The number of hydrogen-bond acceptors (Lipinski definition) is 14. The summed E-state index contributed by atoms with van der Waals surface area (Å²) in [4.78, 5) is 13.7. The van der Waals surface area contributed by atoms with Crippen LogP contribution in [0.25, 0.3) is 0 Å². The molecule has 6 heterocycles. The Labute approximate surface area is 324 Å². The lowest BCUT2D eigenvalue weighted by Gasteiger charge is -2.50. The number of allylic oxidation sites excluding steroid dienone is 1. The van der Waals surface area contributed by atoms with Gasteiger partial charge in [-0.05, 0) is 76.2 Å². The molecule has 0 amide bonds. The first kappa shape index (κ1) is 40.1. The van der Waals surface area contributed by atoms with E-state index < -0.39 is 67.4 Å². The Bertz CT molecular complexity index is 1440. The molecule has 0 aromatic carbocycles. The van der Waals surface area contributed by atoms with Gasteiger partial charge in [-0.2, -0.15) is 0 Å². The molecule has 14 heteroatoms. The molecule has 8 aliphatic rings. The third-order valence-electron chi connectivity index (χ3n) is 14.2. The van der Waals surface area contributed by atoms with Crippen LogP contribution in [0.3, 0.4) is 0 Å². The summed E-state index contributed by atoms with van der Waals surface area (Å²) in [5.41, 5.74) is 2.42. The van der Waals surface area contributed by atoms with Crippen molar-refractivity contribution in [3.63, 3.8) is 0 Å². The second kappa shape index (κ2) is 15.8. The summed E-state index contributed by atoms with van der Waals surface area (Å²) in [5.74, 6) is -0.920. The summed E-state index contributed by atoms with van der Waals surface area (Å²) in [7, 11) is 3.22. The number of rotatable bonds is 8. The van der Waals surface area contributed by atoms with E-state index in [4.69, 9.17) is 52.1 Å². The molecule has 310 valence electrons. The highest BCUT2D eigenvalue weighted by molar-refractivity contribution is 5.74.